The Balaban J connectivity index is 1.60. The maximum atomic E-state index is 12.1. The van der Waals surface area contributed by atoms with Gasteiger partial charge in [0.15, 0.2) is 5.96 Å². The van der Waals surface area contributed by atoms with Crippen LogP contribution in [0.1, 0.15) is 24.8 Å². The van der Waals surface area contributed by atoms with Crippen LogP contribution >= 0.6 is 0 Å². The zero-order valence-electron chi connectivity index (χ0n) is 17.9. The van der Waals surface area contributed by atoms with Gasteiger partial charge in [-0.05, 0) is 43.4 Å². The smallest absolute Gasteiger partial charge is 0.243 e. The van der Waals surface area contributed by atoms with Crippen molar-refractivity contribution in [1.82, 2.24) is 15.1 Å². The molecule has 0 radical (unpaired) electrons. The average molecular weight is 403 g/mol. The molecular weight excluding hydrogens is 368 g/mol. The number of likely N-dealkylation sites (tertiary alicyclic amines) is 1. The van der Waals surface area contributed by atoms with E-state index in [1.807, 2.05) is 12.1 Å². The Morgan fingerprint density at radius 1 is 1.31 bits per heavy atom. The van der Waals surface area contributed by atoms with E-state index in [2.05, 4.69) is 27.3 Å². The Kier molecular flexibility index (Phi) is 7.75. The van der Waals surface area contributed by atoms with Gasteiger partial charge in [-0.1, -0.05) is 12.1 Å². The summed E-state index contributed by atoms with van der Waals surface area (Å²) in [6.07, 6.45) is 4.62. The van der Waals surface area contributed by atoms with Crippen LogP contribution in [0.5, 0.6) is 5.75 Å². The molecule has 2 atom stereocenters. The van der Waals surface area contributed by atoms with Gasteiger partial charge in [-0.25, -0.2) is 4.99 Å². The fraction of sp³-hybridized carbons (Fsp3) is 0.636. The molecule has 2 heterocycles. The van der Waals surface area contributed by atoms with Crippen LogP contribution in [0.15, 0.2) is 29.3 Å². The minimum Gasteiger partial charge on any atom is -0.497 e. The molecule has 7 nitrogen and oxygen atoms in total. The summed E-state index contributed by atoms with van der Waals surface area (Å²) in [6, 6.07) is 8.12. The number of piperidine rings is 1. The van der Waals surface area contributed by atoms with Gasteiger partial charge < -0.3 is 24.6 Å². The van der Waals surface area contributed by atoms with E-state index in [-0.39, 0.29) is 12.5 Å². The Morgan fingerprint density at radius 3 is 2.83 bits per heavy atom. The van der Waals surface area contributed by atoms with E-state index in [4.69, 9.17) is 9.47 Å². The van der Waals surface area contributed by atoms with Crippen LogP contribution in [-0.4, -0.2) is 81.8 Å². The molecule has 2 fully saturated rings. The molecule has 1 N–H and O–H groups in total. The van der Waals surface area contributed by atoms with E-state index in [1.165, 1.54) is 12.0 Å². The average Bonchev–Trinajstić information content (AvgIpc) is 2.75. The zero-order chi connectivity index (χ0) is 20.6. The number of aliphatic imine (C=N–C) groups is 1. The molecule has 2 aliphatic heterocycles. The molecule has 2 aliphatic rings. The SMILES string of the molecule is COc1ccc(CCNC(=NCC(=O)N(C)C)N2CCC3OCCCC3C2)cc1. The van der Waals surface area contributed by atoms with Gasteiger partial charge in [0.1, 0.15) is 12.3 Å². The maximum absolute atomic E-state index is 12.1. The third-order valence-electron chi connectivity index (χ3n) is 5.73. The summed E-state index contributed by atoms with van der Waals surface area (Å²) in [4.78, 5) is 20.6. The van der Waals surface area contributed by atoms with E-state index < -0.39 is 0 Å². The summed E-state index contributed by atoms with van der Waals surface area (Å²) in [6.45, 7) is 3.67. The second kappa shape index (κ2) is 10.5. The number of carbonyl (C=O) groups is 1. The molecule has 2 unspecified atom stereocenters. The van der Waals surface area contributed by atoms with Gasteiger partial charge >= 0.3 is 0 Å². The van der Waals surface area contributed by atoms with Crippen molar-refractivity contribution in [2.45, 2.75) is 31.8 Å². The van der Waals surface area contributed by atoms with Crippen LogP contribution in [0.3, 0.4) is 0 Å². The van der Waals surface area contributed by atoms with Crippen molar-refractivity contribution >= 4 is 11.9 Å². The molecule has 29 heavy (non-hydrogen) atoms. The van der Waals surface area contributed by atoms with Crippen molar-refractivity contribution in [2.24, 2.45) is 10.9 Å². The summed E-state index contributed by atoms with van der Waals surface area (Å²) >= 11 is 0. The molecule has 1 aromatic rings. The first kappa shape index (κ1) is 21.4. The Morgan fingerprint density at radius 2 is 2.10 bits per heavy atom. The highest BCUT2D eigenvalue weighted by atomic mass is 16.5. The van der Waals surface area contributed by atoms with Crippen molar-refractivity contribution in [1.29, 1.82) is 0 Å². The monoisotopic (exact) mass is 402 g/mol. The Bertz CT molecular complexity index is 690. The summed E-state index contributed by atoms with van der Waals surface area (Å²) in [5.74, 6) is 2.26. The van der Waals surface area contributed by atoms with Crippen LogP contribution in [0.25, 0.3) is 0 Å². The van der Waals surface area contributed by atoms with Gasteiger partial charge in [-0.3, -0.25) is 4.79 Å². The summed E-state index contributed by atoms with van der Waals surface area (Å²) < 4.78 is 11.2. The molecular formula is C22H34N4O3. The lowest BCUT2D eigenvalue weighted by molar-refractivity contribution is -0.127. The standard InChI is InChI=1S/C22H34N4O3/c1-25(2)21(27)15-24-22(23-12-10-17-6-8-19(28-3)9-7-17)26-13-11-20-18(16-26)5-4-14-29-20/h6-9,18,20H,4-5,10-16H2,1-3H3,(H,23,24). The number of rotatable bonds is 6. The molecule has 160 valence electrons. The number of carbonyl (C=O) groups excluding carboxylic acids is 1. The highest BCUT2D eigenvalue weighted by molar-refractivity contribution is 5.85. The number of nitrogens with zero attached hydrogens (tertiary/aromatic N) is 3. The number of fused-ring (bicyclic) bond motifs is 1. The number of nitrogens with one attached hydrogen (secondary N) is 1. The largest absolute Gasteiger partial charge is 0.497 e. The predicted molar refractivity (Wildman–Crippen MR) is 114 cm³/mol. The molecule has 0 aliphatic carbocycles. The van der Waals surface area contributed by atoms with Crippen molar-refractivity contribution in [3.05, 3.63) is 29.8 Å². The van der Waals surface area contributed by atoms with E-state index >= 15 is 0 Å². The van der Waals surface area contributed by atoms with Gasteiger partial charge in [0.05, 0.1) is 13.2 Å². The Hall–Kier alpha value is -2.28. The van der Waals surface area contributed by atoms with Crippen LogP contribution in [0.2, 0.25) is 0 Å². The third kappa shape index (κ3) is 6.10. The van der Waals surface area contributed by atoms with Gasteiger partial charge in [0.25, 0.3) is 0 Å². The summed E-state index contributed by atoms with van der Waals surface area (Å²) in [5, 5.41) is 3.49. The first-order chi connectivity index (χ1) is 14.1. The van der Waals surface area contributed by atoms with Crippen LogP contribution in [-0.2, 0) is 16.0 Å². The lowest BCUT2D eigenvalue weighted by Gasteiger charge is -2.42. The minimum absolute atomic E-state index is 0.00957. The fourth-order valence-electron chi connectivity index (χ4n) is 3.94. The summed E-state index contributed by atoms with van der Waals surface area (Å²) in [5.41, 5.74) is 1.24. The van der Waals surface area contributed by atoms with Crippen molar-refractivity contribution < 1.29 is 14.3 Å². The third-order valence-corrected chi connectivity index (χ3v) is 5.73. The minimum atomic E-state index is 0.00957. The molecule has 0 aromatic heterocycles. The molecule has 2 saturated heterocycles. The number of guanidine groups is 1. The second-order valence-electron chi connectivity index (χ2n) is 8.00. The van der Waals surface area contributed by atoms with Gasteiger partial charge in [0, 0.05) is 46.3 Å². The molecule has 3 rings (SSSR count). The Labute approximate surface area is 174 Å². The predicted octanol–water partition coefficient (Wildman–Crippen LogP) is 1.77. The van der Waals surface area contributed by atoms with E-state index in [0.29, 0.717) is 12.0 Å². The fourth-order valence-corrected chi connectivity index (χ4v) is 3.94. The van der Waals surface area contributed by atoms with E-state index in [1.54, 1.807) is 26.1 Å². The van der Waals surface area contributed by atoms with Crippen LogP contribution < -0.4 is 10.1 Å². The molecule has 0 spiro atoms. The molecule has 0 bridgehead atoms. The van der Waals surface area contributed by atoms with Crippen LogP contribution in [0, 0.1) is 5.92 Å². The second-order valence-corrected chi connectivity index (χ2v) is 8.00. The number of likely N-dealkylation sites (N-methyl/N-ethyl adjacent to an activating group) is 1. The normalized spacial score (nSPS) is 22.0. The summed E-state index contributed by atoms with van der Waals surface area (Å²) in [7, 11) is 5.20. The number of ether oxygens (including phenoxy) is 2. The number of benzene rings is 1. The highest BCUT2D eigenvalue weighted by Crippen LogP contribution is 2.28. The zero-order valence-corrected chi connectivity index (χ0v) is 17.9. The quantitative estimate of drug-likeness (QED) is 0.580. The van der Waals surface area contributed by atoms with Gasteiger partial charge in [0.2, 0.25) is 5.91 Å². The molecule has 1 amide bonds. The first-order valence-electron chi connectivity index (χ1n) is 10.5. The lowest BCUT2D eigenvalue weighted by atomic mass is 9.88. The van der Waals surface area contributed by atoms with E-state index in [9.17, 15) is 4.79 Å². The lowest BCUT2D eigenvalue weighted by Crippen LogP contribution is -2.52. The molecule has 1 aromatic carbocycles. The van der Waals surface area contributed by atoms with Crippen LogP contribution in [0.4, 0.5) is 0 Å². The van der Waals surface area contributed by atoms with Crippen molar-refractivity contribution in [2.75, 3.05) is 54.0 Å². The number of amides is 1. The topological polar surface area (TPSA) is 66.4 Å². The first-order valence-corrected chi connectivity index (χ1v) is 10.5. The molecule has 0 saturated carbocycles. The molecule has 7 heteroatoms. The highest BCUT2D eigenvalue weighted by Gasteiger charge is 2.33. The number of methoxy groups -OCH3 is 1. The van der Waals surface area contributed by atoms with Gasteiger partial charge in [-0.15, -0.1) is 0 Å². The number of hydrogen-bond acceptors (Lipinski definition) is 4. The van der Waals surface area contributed by atoms with Crippen molar-refractivity contribution in [3.63, 3.8) is 0 Å². The number of hydrogen-bond donors (Lipinski definition) is 1. The van der Waals surface area contributed by atoms with E-state index in [0.717, 1.165) is 57.2 Å². The maximum Gasteiger partial charge on any atom is 0.243 e. The van der Waals surface area contributed by atoms with Gasteiger partial charge in [-0.2, -0.15) is 0 Å². The van der Waals surface area contributed by atoms with Crippen molar-refractivity contribution in [3.8, 4) is 5.75 Å².